The lowest BCUT2D eigenvalue weighted by Crippen LogP contribution is -2.20. The van der Waals surface area contributed by atoms with Crippen LogP contribution in [0.3, 0.4) is 0 Å². The molecular weight excluding hydrogens is 335 g/mol. The number of aromatic nitrogens is 1. The molecule has 0 fully saturated rings. The molecule has 0 saturated carbocycles. The van der Waals surface area contributed by atoms with Gasteiger partial charge in [-0.05, 0) is 15.9 Å². The summed E-state index contributed by atoms with van der Waals surface area (Å²) in [5.74, 6) is -0.0243. The minimum absolute atomic E-state index is 0.0223. The average Bonchev–Trinajstić information content (AvgIpc) is 2.28. The highest BCUT2D eigenvalue weighted by molar-refractivity contribution is 9.10. The average molecular weight is 344 g/mol. The number of ether oxygens (including phenoxy) is 1. The third kappa shape index (κ3) is 5.83. The number of hydrogen-bond acceptors (Lipinski definition) is 5. The van der Waals surface area contributed by atoms with Gasteiger partial charge in [-0.15, -0.1) is 0 Å². The van der Waals surface area contributed by atoms with E-state index in [0.29, 0.717) is 4.47 Å². The molecule has 1 aromatic heterocycles. The molecule has 1 aromatic rings. The number of alkyl halides is 3. The molecule has 0 aliphatic carbocycles. The number of anilines is 1. The summed E-state index contributed by atoms with van der Waals surface area (Å²) in [7, 11) is 0. The number of halogens is 4. The summed E-state index contributed by atoms with van der Waals surface area (Å²) in [6.45, 7) is -1.62. The van der Waals surface area contributed by atoms with Crippen molar-refractivity contribution in [2.24, 2.45) is 0 Å². The van der Waals surface area contributed by atoms with E-state index in [9.17, 15) is 23.3 Å². The van der Waals surface area contributed by atoms with E-state index in [4.69, 9.17) is 0 Å². The van der Waals surface area contributed by atoms with Crippen molar-refractivity contribution in [3.63, 3.8) is 0 Å². The van der Waals surface area contributed by atoms with Crippen molar-refractivity contribution < 1.29 is 22.8 Å². The fraction of sp³-hybridized carbons (Fsp3) is 0.444. The summed E-state index contributed by atoms with van der Waals surface area (Å²) in [4.78, 5) is 13.8. The van der Waals surface area contributed by atoms with Crippen LogP contribution < -0.4 is 5.32 Å². The minimum Gasteiger partial charge on any atom is -0.370 e. The predicted molar refractivity (Wildman–Crippen MR) is 64.0 cm³/mol. The molecule has 0 atom stereocenters. The van der Waals surface area contributed by atoms with Gasteiger partial charge < -0.3 is 10.1 Å². The molecule has 0 saturated heterocycles. The van der Waals surface area contributed by atoms with Gasteiger partial charge in [-0.25, -0.2) is 4.98 Å². The molecular formula is C9H9BrF3N3O3. The summed E-state index contributed by atoms with van der Waals surface area (Å²) < 4.78 is 40.1. The molecule has 0 amide bonds. The summed E-state index contributed by atoms with van der Waals surface area (Å²) in [6.07, 6.45) is -3.05. The first-order valence-electron chi connectivity index (χ1n) is 4.98. The van der Waals surface area contributed by atoms with E-state index in [1.807, 2.05) is 0 Å². The number of nitrogens with zero attached hydrogens (tertiary/aromatic N) is 2. The highest BCUT2D eigenvalue weighted by Crippen LogP contribution is 2.24. The van der Waals surface area contributed by atoms with E-state index in [1.165, 1.54) is 12.3 Å². The van der Waals surface area contributed by atoms with Crippen LogP contribution >= 0.6 is 15.9 Å². The van der Waals surface area contributed by atoms with Crippen LogP contribution in [-0.4, -0.2) is 35.8 Å². The summed E-state index contributed by atoms with van der Waals surface area (Å²) in [5, 5.41) is 13.3. The van der Waals surface area contributed by atoms with Crippen LogP contribution in [0.1, 0.15) is 0 Å². The first kappa shape index (κ1) is 15.6. The normalized spacial score (nSPS) is 11.4. The van der Waals surface area contributed by atoms with Crippen LogP contribution in [0.2, 0.25) is 0 Å². The second-order valence-electron chi connectivity index (χ2n) is 3.37. The molecule has 1 heterocycles. The maximum Gasteiger partial charge on any atom is 0.411 e. The molecule has 1 N–H and O–H groups in total. The Hall–Kier alpha value is -1.42. The SMILES string of the molecule is O=[N+]([O-])c1cc(Br)cnc1NCCOCC(F)(F)F. The highest BCUT2D eigenvalue weighted by Gasteiger charge is 2.27. The number of nitro groups is 1. The molecule has 0 aromatic carbocycles. The predicted octanol–water partition coefficient (Wildman–Crippen LogP) is 2.74. The van der Waals surface area contributed by atoms with E-state index < -0.39 is 17.7 Å². The van der Waals surface area contributed by atoms with Gasteiger partial charge in [-0.2, -0.15) is 13.2 Å². The van der Waals surface area contributed by atoms with Crippen molar-refractivity contribution in [1.82, 2.24) is 4.98 Å². The summed E-state index contributed by atoms with van der Waals surface area (Å²) in [6, 6.07) is 1.24. The Balaban J connectivity index is 2.47. The number of pyridine rings is 1. The number of hydrogen-bond donors (Lipinski definition) is 1. The van der Waals surface area contributed by atoms with Crippen LogP contribution in [0, 0.1) is 10.1 Å². The van der Waals surface area contributed by atoms with Crippen molar-refractivity contribution >= 4 is 27.4 Å². The molecule has 0 aliphatic rings. The summed E-state index contributed by atoms with van der Waals surface area (Å²) >= 11 is 3.04. The van der Waals surface area contributed by atoms with E-state index in [0.717, 1.165) is 0 Å². The number of rotatable bonds is 6. The first-order valence-corrected chi connectivity index (χ1v) is 5.77. The quantitative estimate of drug-likeness (QED) is 0.488. The van der Waals surface area contributed by atoms with Gasteiger partial charge in [0.15, 0.2) is 0 Å². The van der Waals surface area contributed by atoms with E-state index in [-0.39, 0.29) is 24.7 Å². The Morgan fingerprint density at radius 2 is 2.21 bits per heavy atom. The molecule has 106 valence electrons. The molecule has 0 radical (unpaired) electrons. The fourth-order valence-electron chi connectivity index (χ4n) is 1.13. The Bertz CT molecular complexity index is 456. The Morgan fingerprint density at radius 3 is 2.79 bits per heavy atom. The second kappa shape index (κ2) is 6.66. The van der Waals surface area contributed by atoms with Crippen molar-refractivity contribution in [3.05, 3.63) is 26.9 Å². The van der Waals surface area contributed by atoms with Gasteiger partial charge in [-0.1, -0.05) is 0 Å². The number of nitrogens with one attached hydrogen (secondary N) is 1. The molecule has 0 bridgehead atoms. The topological polar surface area (TPSA) is 77.3 Å². The maximum atomic E-state index is 11.8. The van der Waals surface area contributed by atoms with Gasteiger partial charge in [0.25, 0.3) is 0 Å². The second-order valence-corrected chi connectivity index (χ2v) is 4.29. The van der Waals surface area contributed by atoms with Crippen LogP contribution in [-0.2, 0) is 4.74 Å². The van der Waals surface area contributed by atoms with Gasteiger partial charge in [0.05, 0.1) is 11.5 Å². The smallest absolute Gasteiger partial charge is 0.370 e. The lowest BCUT2D eigenvalue weighted by atomic mass is 10.4. The van der Waals surface area contributed by atoms with E-state index >= 15 is 0 Å². The van der Waals surface area contributed by atoms with Crippen LogP contribution in [0.5, 0.6) is 0 Å². The van der Waals surface area contributed by atoms with Crippen LogP contribution in [0.15, 0.2) is 16.7 Å². The molecule has 0 spiro atoms. The first-order chi connectivity index (χ1) is 8.79. The third-order valence-corrected chi connectivity index (χ3v) is 2.27. The molecule has 0 aliphatic heterocycles. The summed E-state index contributed by atoms with van der Waals surface area (Å²) in [5.41, 5.74) is -0.273. The Morgan fingerprint density at radius 1 is 1.53 bits per heavy atom. The monoisotopic (exact) mass is 343 g/mol. The largest absolute Gasteiger partial charge is 0.411 e. The maximum absolute atomic E-state index is 11.8. The molecule has 0 unspecified atom stereocenters. The van der Waals surface area contributed by atoms with Crippen molar-refractivity contribution in [2.45, 2.75) is 6.18 Å². The van der Waals surface area contributed by atoms with Crippen molar-refractivity contribution in [1.29, 1.82) is 0 Å². The molecule has 1 rings (SSSR count). The Kier molecular flexibility index (Phi) is 5.48. The zero-order valence-corrected chi connectivity index (χ0v) is 11.0. The van der Waals surface area contributed by atoms with Crippen LogP contribution in [0.4, 0.5) is 24.7 Å². The highest BCUT2D eigenvalue weighted by atomic mass is 79.9. The van der Waals surface area contributed by atoms with E-state index in [1.54, 1.807) is 0 Å². The standard InChI is InChI=1S/C9H9BrF3N3O3/c10-6-3-7(16(17)18)8(15-4-6)14-1-2-19-5-9(11,12)13/h3-4H,1-2,5H2,(H,14,15). The molecule has 10 heteroatoms. The molecule has 6 nitrogen and oxygen atoms in total. The Labute approximate surface area is 114 Å². The minimum atomic E-state index is -4.39. The third-order valence-electron chi connectivity index (χ3n) is 1.84. The van der Waals surface area contributed by atoms with Gasteiger partial charge >= 0.3 is 11.9 Å². The zero-order chi connectivity index (χ0) is 14.5. The van der Waals surface area contributed by atoms with Gasteiger partial charge in [0.2, 0.25) is 5.82 Å². The van der Waals surface area contributed by atoms with Gasteiger partial charge in [-0.3, -0.25) is 10.1 Å². The van der Waals surface area contributed by atoms with Gasteiger partial charge in [0.1, 0.15) is 6.61 Å². The lowest BCUT2D eigenvalue weighted by molar-refractivity contribution is -0.384. The van der Waals surface area contributed by atoms with Crippen LogP contribution in [0.25, 0.3) is 0 Å². The lowest BCUT2D eigenvalue weighted by Gasteiger charge is -2.09. The van der Waals surface area contributed by atoms with Gasteiger partial charge in [0, 0.05) is 23.3 Å². The van der Waals surface area contributed by atoms with E-state index in [2.05, 4.69) is 31.0 Å². The van der Waals surface area contributed by atoms with Crippen molar-refractivity contribution in [2.75, 3.05) is 25.1 Å². The molecule has 19 heavy (non-hydrogen) atoms. The zero-order valence-electron chi connectivity index (χ0n) is 9.41. The fourth-order valence-corrected chi connectivity index (χ4v) is 1.45. The van der Waals surface area contributed by atoms with Crippen molar-refractivity contribution in [3.8, 4) is 0 Å².